The molecule has 1 aromatic rings. The van der Waals surface area contributed by atoms with Crippen LogP contribution < -0.4 is 17.2 Å². The SMILES string of the molecule is NC(N)=Nc1ccc(C=CC(=O)C(=O)[C@@H](N)CC(=O)O)cc1. The van der Waals surface area contributed by atoms with Gasteiger partial charge in [0.1, 0.15) is 0 Å². The van der Waals surface area contributed by atoms with Gasteiger partial charge >= 0.3 is 5.97 Å². The molecule has 0 saturated heterocycles. The summed E-state index contributed by atoms with van der Waals surface area (Å²) >= 11 is 0. The molecule has 1 rings (SSSR count). The van der Waals surface area contributed by atoms with Gasteiger partial charge in [-0.25, -0.2) is 4.99 Å². The average Bonchev–Trinajstić information content (AvgIpc) is 2.44. The highest BCUT2D eigenvalue weighted by atomic mass is 16.4. The van der Waals surface area contributed by atoms with E-state index in [9.17, 15) is 14.4 Å². The van der Waals surface area contributed by atoms with Crippen molar-refractivity contribution in [3.05, 3.63) is 35.9 Å². The van der Waals surface area contributed by atoms with Crippen LogP contribution in [0.4, 0.5) is 5.69 Å². The second-order valence-corrected chi connectivity index (χ2v) is 4.39. The quantitative estimate of drug-likeness (QED) is 0.229. The third-order valence-electron chi connectivity index (χ3n) is 2.55. The lowest BCUT2D eigenvalue weighted by molar-refractivity contribution is -0.140. The molecule has 1 atom stereocenters. The zero-order valence-electron chi connectivity index (χ0n) is 11.6. The number of nitrogens with zero attached hydrogens (tertiary/aromatic N) is 1. The second kappa shape index (κ2) is 7.70. The molecule has 0 spiro atoms. The molecule has 0 fully saturated rings. The summed E-state index contributed by atoms with van der Waals surface area (Å²) in [5.41, 5.74) is 17.0. The Hall–Kier alpha value is -3.00. The Morgan fingerprint density at radius 1 is 1.18 bits per heavy atom. The van der Waals surface area contributed by atoms with Gasteiger partial charge in [0.25, 0.3) is 0 Å². The van der Waals surface area contributed by atoms with Gasteiger partial charge in [-0.2, -0.15) is 0 Å². The van der Waals surface area contributed by atoms with E-state index in [1.165, 1.54) is 6.08 Å². The minimum absolute atomic E-state index is 0.0727. The Morgan fingerprint density at radius 2 is 1.77 bits per heavy atom. The number of allylic oxidation sites excluding steroid dienone is 1. The number of benzene rings is 1. The predicted octanol–water partition coefficient (Wildman–Crippen LogP) is -0.455. The van der Waals surface area contributed by atoms with Crippen LogP contribution in [0.2, 0.25) is 0 Å². The molecule has 1 aromatic carbocycles. The summed E-state index contributed by atoms with van der Waals surface area (Å²) in [6.07, 6.45) is 1.86. The smallest absolute Gasteiger partial charge is 0.305 e. The van der Waals surface area contributed by atoms with E-state index in [4.69, 9.17) is 22.3 Å². The molecule has 0 unspecified atom stereocenters. The van der Waals surface area contributed by atoms with Crippen LogP contribution in [-0.2, 0) is 14.4 Å². The lowest BCUT2D eigenvalue weighted by Crippen LogP contribution is -2.37. The first kappa shape index (κ1) is 17.1. The van der Waals surface area contributed by atoms with Crippen LogP contribution in [0.25, 0.3) is 6.08 Å². The van der Waals surface area contributed by atoms with Gasteiger partial charge in [0.05, 0.1) is 18.2 Å². The van der Waals surface area contributed by atoms with Crippen LogP contribution >= 0.6 is 0 Å². The Morgan fingerprint density at radius 3 is 2.27 bits per heavy atom. The summed E-state index contributed by atoms with van der Waals surface area (Å²) in [5.74, 6) is -3.12. The van der Waals surface area contributed by atoms with Crippen molar-refractivity contribution in [1.82, 2.24) is 0 Å². The first-order valence-electron chi connectivity index (χ1n) is 6.23. The minimum Gasteiger partial charge on any atom is -0.481 e. The number of aliphatic carboxylic acids is 1. The Kier molecular flexibility index (Phi) is 5.96. The summed E-state index contributed by atoms with van der Waals surface area (Å²) in [7, 11) is 0. The first-order valence-corrected chi connectivity index (χ1v) is 6.23. The number of carbonyl (C=O) groups is 3. The standard InChI is InChI=1S/C14H16N4O4/c15-10(7-12(20)21)13(22)11(19)6-3-8-1-4-9(5-2-8)18-14(16)17/h1-6,10H,7,15H2,(H,20,21)(H4,16,17,18)/t10-/m0/s1. The number of Topliss-reactive ketones (excluding diaryl/α,β-unsaturated/α-hetero) is 1. The van der Waals surface area contributed by atoms with E-state index >= 15 is 0 Å². The number of aliphatic imine (C=N–C) groups is 1. The number of carbonyl (C=O) groups excluding carboxylic acids is 2. The summed E-state index contributed by atoms with van der Waals surface area (Å²) in [4.78, 5) is 37.4. The first-order chi connectivity index (χ1) is 10.3. The molecule has 0 aliphatic carbocycles. The topological polar surface area (TPSA) is 162 Å². The molecule has 0 amide bonds. The molecule has 0 heterocycles. The molecule has 0 bridgehead atoms. The number of nitrogens with two attached hydrogens (primary N) is 3. The third-order valence-corrected chi connectivity index (χ3v) is 2.55. The van der Waals surface area contributed by atoms with Gasteiger partial charge in [0, 0.05) is 0 Å². The van der Waals surface area contributed by atoms with Crippen molar-refractivity contribution in [2.75, 3.05) is 0 Å². The van der Waals surface area contributed by atoms with Crippen molar-refractivity contribution < 1.29 is 19.5 Å². The van der Waals surface area contributed by atoms with Gasteiger partial charge in [-0.1, -0.05) is 18.2 Å². The van der Waals surface area contributed by atoms with Gasteiger partial charge in [-0.15, -0.1) is 0 Å². The molecular weight excluding hydrogens is 288 g/mol. The third kappa shape index (κ3) is 5.55. The fourth-order valence-electron chi connectivity index (χ4n) is 1.53. The summed E-state index contributed by atoms with van der Waals surface area (Å²) in [6.45, 7) is 0. The Bertz CT molecular complexity index is 631. The molecule has 0 saturated carbocycles. The molecule has 7 N–H and O–H groups in total. The maximum atomic E-state index is 11.6. The molecule has 8 heteroatoms. The molecule has 0 aliphatic rings. The van der Waals surface area contributed by atoms with Crippen LogP contribution in [-0.4, -0.2) is 34.6 Å². The van der Waals surface area contributed by atoms with E-state index in [1.54, 1.807) is 24.3 Å². The molecule has 116 valence electrons. The number of carboxylic acid groups (broad SMARTS) is 1. The number of hydrogen-bond donors (Lipinski definition) is 4. The van der Waals surface area contributed by atoms with Crippen molar-refractivity contribution in [2.24, 2.45) is 22.2 Å². The number of carboxylic acids is 1. The van der Waals surface area contributed by atoms with E-state index < -0.39 is 30.0 Å². The molecule has 0 aromatic heterocycles. The molecule has 22 heavy (non-hydrogen) atoms. The summed E-state index contributed by atoms with van der Waals surface area (Å²) < 4.78 is 0. The molecule has 0 aliphatic heterocycles. The number of rotatable bonds is 7. The van der Waals surface area contributed by atoms with Gasteiger partial charge in [0.15, 0.2) is 5.96 Å². The maximum absolute atomic E-state index is 11.6. The lowest BCUT2D eigenvalue weighted by atomic mass is 10.1. The largest absolute Gasteiger partial charge is 0.481 e. The molecular formula is C14H16N4O4. The maximum Gasteiger partial charge on any atom is 0.305 e. The van der Waals surface area contributed by atoms with Crippen molar-refractivity contribution in [3.63, 3.8) is 0 Å². The Labute approximate surface area is 126 Å². The predicted molar refractivity (Wildman–Crippen MR) is 81.2 cm³/mol. The minimum atomic E-state index is -1.35. The monoisotopic (exact) mass is 304 g/mol. The fraction of sp³-hybridized carbons (Fsp3) is 0.143. The van der Waals surface area contributed by atoms with Crippen molar-refractivity contribution >= 4 is 35.3 Å². The second-order valence-electron chi connectivity index (χ2n) is 4.39. The lowest BCUT2D eigenvalue weighted by Gasteiger charge is -2.04. The van der Waals surface area contributed by atoms with Crippen LogP contribution in [0.3, 0.4) is 0 Å². The van der Waals surface area contributed by atoms with Gasteiger partial charge in [-0.3, -0.25) is 14.4 Å². The van der Waals surface area contributed by atoms with Gasteiger partial charge < -0.3 is 22.3 Å². The summed E-state index contributed by atoms with van der Waals surface area (Å²) in [6, 6.07) is 5.20. The normalized spacial score (nSPS) is 11.9. The van der Waals surface area contributed by atoms with E-state index in [2.05, 4.69) is 4.99 Å². The number of hydrogen-bond acceptors (Lipinski definition) is 5. The van der Waals surface area contributed by atoms with Crippen LogP contribution in [0.5, 0.6) is 0 Å². The zero-order chi connectivity index (χ0) is 16.7. The van der Waals surface area contributed by atoms with E-state index in [0.29, 0.717) is 11.3 Å². The number of ketones is 2. The fourth-order valence-corrected chi connectivity index (χ4v) is 1.53. The molecule has 8 nitrogen and oxygen atoms in total. The summed E-state index contributed by atoms with van der Waals surface area (Å²) in [5, 5.41) is 8.52. The van der Waals surface area contributed by atoms with Crippen LogP contribution in [0.15, 0.2) is 35.3 Å². The Balaban J connectivity index is 2.71. The highest BCUT2D eigenvalue weighted by Crippen LogP contribution is 2.13. The zero-order valence-corrected chi connectivity index (χ0v) is 11.6. The van der Waals surface area contributed by atoms with E-state index in [-0.39, 0.29) is 5.96 Å². The molecule has 0 radical (unpaired) electrons. The van der Waals surface area contributed by atoms with Gasteiger partial charge in [0.2, 0.25) is 11.6 Å². The van der Waals surface area contributed by atoms with Crippen molar-refractivity contribution in [2.45, 2.75) is 12.5 Å². The number of guanidine groups is 1. The van der Waals surface area contributed by atoms with Crippen molar-refractivity contribution in [3.8, 4) is 0 Å². The van der Waals surface area contributed by atoms with E-state index in [0.717, 1.165) is 6.08 Å². The van der Waals surface area contributed by atoms with Crippen LogP contribution in [0.1, 0.15) is 12.0 Å². The van der Waals surface area contributed by atoms with E-state index in [1.807, 2.05) is 0 Å². The highest BCUT2D eigenvalue weighted by molar-refractivity contribution is 6.44. The highest BCUT2D eigenvalue weighted by Gasteiger charge is 2.21. The van der Waals surface area contributed by atoms with Crippen molar-refractivity contribution in [1.29, 1.82) is 0 Å². The van der Waals surface area contributed by atoms with Gasteiger partial charge in [-0.05, 0) is 23.8 Å². The average molecular weight is 304 g/mol. The van der Waals surface area contributed by atoms with Crippen LogP contribution in [0, 0.1) is 0 Å².